The smallest absolute Gasteiger partial charge is 0.273 e. The van der Waals surface area contributed by atoms with Crippen LogP contribution in [-0.2, 0) is 6.54 Å². The zero-order valence-electron chi connectivity index (χ0n) is 13.8. The van der Waals surface area contributed by atoms with E-state index < -0.39 is 5.88 Å². The van der Waals surface area contributed by atoms with Gasteiger partial charge in [0.2, 0.25) is 0 Å². The van der Waals surface area contributed by atoms with Crippen molar-refractivity contribution in [2.45, 2.75) is 40.2 Å². The molecule has 2 aromatic rings. The number of aromatic amines is 1. The van der Waals surface area contributed by atoms with E-state index in [2.05, 4.69) is 25.7 Å². The first-order valence-electron chi connectivity index (χ1n) is 7.55. The average molecular weight is 317 g/mol. The van der Waals surface area contributed by atoms with Gasteiger partial charge in [-0.25, -0.2) is 0 Å². The van der Waals surface area contributed by atoms with Gasteiger partial charge in [-0.2, -0.15) is 5.10 Å². The minimum absolute atomic E-state index is 0.158. The van der Waals surface area contributed by atoms with Crippen LogP contribution in [0.3, 0.4) is 0 Å². The molecular formula is C15H21N6O2-. The fourth-order valence-corrected chi connectivity index (χ4v) is 2.28. The minimum Gasteiger partial charge on any atom is -0.858 e. The number of hydrogen-bond acceptors (Lipinski definition) is 6. The molecule has 2 heterocycles. The van der Waals surface area contributed by atoms with E-state index in [1.165, 1.54) is 4.57 Å². The maximum Gasteiger partial charge on any atom is 0.273 e. The van der Waals surface area contributed by atoms with Gasteiger partial charge in [-0.15, -0.1) is 10.2 Å². The molecule has 0 unspecified atom stereocenters. The summed E-state index contributed by atoms with van der Waals surface area (Å²) in [7, 11) is 1.65. The monoisotopic (exact) mass is 317 g/mol. The number of anilines is 1. The van der Waals surface area contributed by atoms with E-state index in [9.17, 15) is 9.90 Å². The Morgan fingerprint density at radius 3 is 2.70 bits per heavy atom. The fraction of sp³-hybridized carbons (Fsp3) is 0.467. The molecule has 0 bridgehead atoms. The number of rotatable bonds is 6. The summed E-state index contributed by atoms with van der Waals surface area (Å²) in [6.07, 6.45) is 1.63. The number of hydrogen-bond donors (Lipinski definition) is 2. The molecule has 2 rings (SSSR count). The Balaban J connectivity index is 2.53. The van der Waals surface area contributed by atoms with E-state index in [1.54, 1.807) is 20.0 Å². The lowest BCUT2D eigenvalue weighted by molar-refractivity contribution is -0.278. The van der Waals surface area contributed by atoms with Crippen molar-refractivity contribution >= 4 is 17.2 Å². The second-order valence-corrected chi connectivity index (χ2v) is 5.32. The molecule has 0 aliphatic rings. The average Bonchev–Trinajstić information content (AvgIpc) is 2.93. The molecule has 0 fully saturated rings. The second-order valence-electron chi connectivity index (χ2n) is 5.32. The highest BCUT2D eigenvalue weighted by atomic mass is 16.3. The molecule has 0 spiro atoms. The summed E-state index contributed by atoms with van der Waals surface area (Å²) < 4.78 is 1.21. The molecule has 0 aromatic carbocycles. The van der Waals surface area contributed by atoms with Crippen LogP contribution in [0.2, 0.25) is 0 Å². The third-order valence-corrected chi connectivity index (χ3v) is 3.57. The van der Waals surface area contributed by atoms with Crippen LogP contribution < -0.4 is 16.0 Å². The van der Waals surface area contributed by atoms with E-state index in [4.69, 9.17) is 0 Å². The highest BCUT2D eigenvalue weighted by Gasteiger charge is 2.13. The van der Waals surface area contributed by atoms with Crippen LogP contribution in [0.5, 0.6) is 5.88 Å². The Morgan fingerprint density at radius 2 is 2.13 bits per heavy atom. The number of nitrogens with one attached hydrogen (secondary N) is 2. The third-order valence-electron chi connectivity index (χ3n) is 3.57. The van der Waals surface area contributed by atoms with Gasteiger partial charge in [-0.05, 0) is 26.1 Å². The molecule has 124 valence electrons. The normalized spacial score (nSPS) is 11.3. The van der Waals surface area contributed by atoms with Gasteiger partial charge in [-0.3, -0.25) is 9.89 Å². The molecule has 8 heteroatoms. The Labute approximate surface area is 134 Å². The number of nitrogens with zero attached hydrogens (tertiary/aromatic N) is 4. The molecule has 0 saturated carbocycles. The first kappa shape index (κ1) is 16.7. The lowest BCUT2D eigenvalue weighted by Crippen LogP contribution is -2.26. The van der Waals surface area contributed by atoms with Crippen molar-refractivity contribution in [3.05, 3.63) is 27.7 Å². The van der Waals surface area contributed by atoms with Crippen molar-refractivity contribution in [3.8, 4) is 5.88 Å². The first-order chi connectivity index (χ1) is 11.0. The number of unbranched alkanes of at least 4 members (excludes halogenated alkanes) is 1. The number of aromatic nitrogens is 3. The van der Waals surface area contributed by atoms with Gasteiger partial charge in [-0.1, -0.05) is 13.3 Å². The van der Waals surface area contributed by atoms with Crippen LogP contribution in [0.25, 0.3) is 0 Å². The molecule has 0 amide bonds. The van der Waals surface area contributed by atoms with Crippen LogP contribution in [-0.4, -0.2) is 21.8 Å². The Morgan fingerprint density at radius 1 is 1.39 bits per heavy atom. The van der Waals surface area contributed by atoms with E-state index in [-0.39, 0.29) is 11.2 Å². The maximum atomic E-state index is 12.6. The van der Waals surface area contributed by atoms with Gasteiger partial charge in [0.25, 0.3) is 5.56 Å². The second kappa shape index (κ2) is 7.08. The molecule has 0 radical (unpaired) electrons. The number of pyridine rings is 1. The zero-order valence-corrected chi connectivity index (χ0v) is 13.8. The highest BCUT2D eigenvalue weighted by Crippen LogP contribution is 2.32. The summed E-state index contributed by atoms with van der Waals surface area (Å²) in [6.45, 7) is 5.90. The molecule has 0 aliphatic carbocycles. The quantitative estimate of drug-likeness (QED) is 0.797. The van der Waals surface area contributed by atoms with Gasteiger partial charge in [0.05, 0.1) is 5.69 Å². The molecule has 0 aliphatic heterocycles. The Kier molecular flexibility index (Phi) is 5.15. The molecule has 2 N–H and O–H groups in total. The lowest BCUT2D eigenvalue weighted by Gasteiger charge is -2.22. The first-order valence-corrected chi connectivity index (χ1v) is 7.55. The standard InChI is InChI=1S/C15H22N6O2/c1-5-6-7-21-14(22)12(16-4)10(3)13(15(21)23)20-19-11-8-9(2)17-18-11/h8,16,23H,5-7H2,1-4H3,(H,17,18)/p-1. The SMILES string of the molecule is CCCCn1c([O-])c(N=Nc2cc(C)[nH]n2)c(C)c(NC)c1=O. The van der Waals surface area contributed by atoms with Gasteiger partial charge in [0.15, 0.2) is 5.82 Å². The van der Waals surface area contributed by atoms with E-state index in [0.717, 1.165) is 18.5 Å². The number of azo groups is 1. The van der Waals surface area contributed by atoms with Crippen LogP contribution in [0.1, 0.15) is 31.0 Å². The van der Waals surface area contributed by atoms with Crippen molar-refractivity contribution in [2.75, 3.05) is 12.4 Å². The van der Waals surface area contributed by atoms with Crippen molar-refractivity contribution in [3.63, 3.8) is 0 Å². The summed E-state index contributed by atoms with van der Waals surface area (Å²) in [5.74, 6) is -0.0328. The maximum absolute atomic E-state index is 12.6. The number of H-pyrrole nitrogens is 1. The van der Waals surface area contributed by atoms with E-state index in [0.29, 0.717) is 23.6 Å². The summed E-state index contributed by atoms with van der Waals surface area (Å²) in [4.78, 5) is 12.4. The van der Waals surface area contributed by atoms with Crippen molar-refractivity contribution in [1.82, 2.24) is 14.8 Å². The zero-order chi connectivity index (χ0) is 17.0. The predicted octanol–water partition coefficient (Wildman–Crippen LogP) is 2.52. The van der Waals surface area contributed by atoms with Gasteiger partial charge >= 0.3 is 0 Å². The lowest BCUT2D eigenvalue weighted by atomic mass is 10.2. The van der Waals surface area contributed by atoms with E-state index >= 15 is 0 Å². The van der Waals surface area contributed by atoms with Gasteiger partial charge in [0, 0.05) is 30.9 Å². The van der Waals surface area contributed by atoms with Crippen LogP contribution >= 0.6 is 0 Å². The molecule has 2 aromatic heterocycles. The molecule has 0 atom stereocenters. The fourth-order valence-electron chi connectivity index (χ4n) is 2.28. The highest BCUT2D eigenvalue weighted by molar-refractivity contribution is 5.65. The summed E-state index contributed by atoms with van der Waals surface area (Å²) in [5.41, 5.74) is 1.55. The summed E-state index contributed by atoms with van der Waals surface area (Å²) in [5, 5.41) is 30.1. The largest absolute Gasteiger partial charge is 0.858 e. The molecular weight excluding hydrogens is 296 g/mol. The van der Waals surface area contributed by atoms with E-state index in [1.807, 2.05) is 13.8 Å². The molecule has 23 heavy (non-hydrogen) atoms. The topological polar surface area (TPSA) is 110 Å². The van der Waals surface area contributed by atoms with Gasteiger partial charge < -0.3 is 15.0 Å². The van der Waals surface area contributed by atoms with Gasteiger partial charge in [0.1, 0.15) is 5.69 Å². The van der Waals surface area contributed by atoms with Crippen molar-refractivity contribution in [1.29, 1.82) is 0 Å². The van der Waals surface area contributed by atoms with Crippen molar-refractivity contribution in [2.24, 2.45) is 10.2 Å². The van der Waals surface area contributed by atoms with Crippen LogP contribution in [0.4, 0.5) is 17.2 Å². The molecule has 8 nitrogen and oxygen atoms in total. The van der Waals surface area contributed by atoms with Crippen molar-refractivity contribution < 1.29 is 5.11 Å². The van der Waals surface area contributed by atoms with Crippen LogP contribution in [0.15, 0.2) is 21.1 Å². The summed E-state index contributed by atoms with van der Waals surface area (Å²) >= 11 is 0. The molecule has 0 saturated heterocycles. The third kappa shape index (κ3) is 3.41. The Bertz CT molecular complexity index is 775. The minimum atomic E-state index is -0.420. The van der Waals surface area contributed by atoms with Crippen LogP contribution in [0, 0.1) is 13.8 Å². The summed E-state index contributed by atoms with van der Waals surface area (Å²) in [6, 6.07) is 1.72. The predicted molar refractivity (Wildman–Crippen MR) is 86.8 cm³/mol. The number of aryl methyl sites for hydroxylation is 1. The Hall–Kier alpha value is -2.64.